The van der Waals surface area contributed by atoms with Crippen LogP contribution in [0, 0.1) is 41.5 Å². The molecule has 7 heteroatoms. The average Bonchev–Trinajstić information content (AvgIpc) is 3.20. The minimum Gasteiger partial charge on any atom is -0.496 e. The van der Waals surface area contributed by atoms with Crippen LogP contribution in [-0.4, -0.2) is 50.7 Å². The molecule has 248 valence electrons. The molecule has 1 aliphatic rings. The molecule has 3 aromatic carbocycles. The van der Waals surface area contributed by atoms with E-state index in [9.17, 15) is 0 Å². The average molecular weight is 645 g/mol. The van der Waals surface area contributed by atoms with Gasteiger partial charge in [-0.05, 0) is 113 Å². The lowest BCUT2D eigenvalue weighted by Gasteiger charge is -2.44. The van der Waals surface area contributed by atoms with Gasteiger partial charge in [-0.1, -0.05) is 29.3 Å². The molecule has 0 bridgehead atoms. The van der Waals surface area contributed by atoms with Crippen molar-refractivity contribution in [1.29, 1.82) is 0 Å². The summed E-state index contributed by atoms with van der Waals surface area (Å²) in [6, 6.07) is 6.88. The zero-order valence-corrected chi connectivity index (χ0v) is 31.8. The van der Waals surface area contributed by atoms with Crippen LogP contribution in [0.2, 0.25) is 5.54 Å². The molecule has 0 amide bonds. The van der Waals surface area contributed by atoms with Crippen molar-refractivity contribution in [2.24, 2.45) is 0 Å². The van der Waals surface area contributed by atoms with E-state index < -0.39 is 8.07 Å². The van der Waals surface area contributed by atoms with Crippen molar-refractivity contribution < 1.29 is 28.4 Å². The van der Waals surface area contributed by atoms with Crippen LogP contribution in [0.1, 0.15) is 61.1 Å². The summed E-state index contributed by atoms with van der Waals surface area (Å²) in [7, 11) is 7.11. The molecule has 0 radical (unpaired) electrons. The highest BCUT2D eigenvalue weighted by molar-refractivity contribution is 7.14. The van der Waals surface area contributed by atoms with E-state index in [0.717, 1.165) is 83.4 Å². The zero-order valence-electron chi connectivity index (χ0n) is 30.8. The van der Waals surface area contributed by atoms with Gasteiger partial charge in [-0.2, -0.15) is 0 Å². The smallest absolute Gasteiger partial charge is 0.173 e. The molecule has 46 heavy (non-hydrogen) atoms. The maximum absolute atomic E-state index is 6.46. The Morgan fingerprint density at radius 3 is 0.848 bits per heavy atom. The van der Waals surface area contributed by atoms with E-state index in [1.165, 1.54) is 22.3 Å². The Morgan fingerprint density at radius 2 is 0.630 bits per heavy atom. The number of allylic oxidation sites excluding steroid dienone is 4. The van der Waals surface area contributed by atoms with Crippen LogP contribution >= 0.6 is 0 Å². The lowest BCUT2D eigenvalue weighted by molar-refractivity contribution is 0.387. The fourth-order valence-corrected chi connectivity index (χ4v) is 15.2. The highest BCUT2D eigenvalue weighted by Gasteiger charge is 2.56. The van der Waals surface area contributed by atoms with Gasteiger partial charge < -0.3 is 28.4 Å². The molecule has 0 aliphatic heterocycles. The van der Waals surface area contributed by atoms with Crippen molar-refractivity contribution in [2.75, 3.05) is 42.7 Å². The van der Waals surface area contributed by atoms with Crippen molar-refractivity contribution in [3.05, 3.63) is 73.9 Å². The SMILES string of the molecule is COc1c(C)cc([Si](c2cc(C)c(OC)c(C)c2OC)(c2cc(C)c(OC)c(C)c2OC)C2C(C)=C(C)C(C)=C2C)c(OC)c1C. The van der Waals surface area contributed by atoms with Crippen LogP contribution in [0.25, 0.3) is 0 Å². The molecule has 0 spiro atoms. The predicted octanol–water partition coefficient (Wildman–Crippen LogP) is 7.12. The highest BCUT2D eigenvalue weighted by atomic mass is 28.3. The van der Waals surface area contributed by atoms with E-state index in [-0.39, 0.29) is 5.54 Å². The van der Waals surface area contributed by atoms with Gasteiger partial charge in [-0.3, -0.25) is 0 Å². The number of methoxy groups -OCH3 is 6. The monoisotopic (exact) mass is 644 g/mol. The van der Waals surface area contributed by atoms with Crippen LogP contribution in [0.3, 0.4) is 0 Å². The van der Waals surface area contributed by atoms with Gasteiger partial charge in [0.25, 0.3) is 0 Å². The maximum Gasteiger partial charge on any atom is 0.173 e. The van der Waals surface area contributed by atoms with E-state index in [1.807, 2.05) is 0 Å². The van der Waals surface area contributed by atoms with Crippen LogP contribution in [0.5, 0.6) is 34.5 Å². The zero-order chi connectivity index (χ0) is 34.4. The first-order chi connectivity index (χ1) is 21.7. The second-order valence-electron chi connectivity index (χ2n) is 12.7. The second kappa shape index (κ2) is 13.1. The van der Waals surface area contributed by atoms with Gasteiger partial charge in [0.05, 0.1) is 42.7 Å². The number of benzene rings is 3. The Balaban J connectivity index is 2.53. The van der Waals surface area contributed by atoms with Gasteiger partial charge in [0.2, 0.25) is 0 Å². The third kappa shape index (κ3) is 4.89. The predicted molar refractivity (Wildman–Crippen MR) is 192 cm³/mol. The first-order valence-corrected chi connectivity index (χ1v) is 17.8. The molecule has 0 atom stereocenters. The van der Waals surface area contributed by atoms with Gasteiger partial charge in [0.15, 0.2) is 8.07 Å². The molecule has 6 nitrogen and oxygen atoms in total. The Hall–Kier alpha value is -3.84. The van der Waals surface area contributed by atoms with Crippen molar-refractivity contribution in [3.8, 4) is 34.5 Å². The second-order valence-corrected chi connectivity index (χ2v) is 16.5. The van der Waals surface area contributed by atoms with Crippen LogP contribution in [-0.2, 0) is 0 Å². The van der Waals surface area contributed by atoms with Gasteiger partial charge in [-0.25, -0.2) is 0 Å². The molecule has 0 unspecified atom stereocenters. The van der Waals surface area contributed by atoms with E-state index in [4.69, 9.17) is 28.4 Å². The van der Waals surface area contributed by atoms with Gasteiger partial charge in [0.1, 0.15) is 34.5 Å². The van der Waals surface area contributed by atoms with Gasteiger partial charge in [-0.15, -0.1) is 0 Å². The van der Waals surface area contributed by atoms with E-state index in [1.54, 1.807) is 42.7 Å². The topological polar surface area (TPSA) is 55.4 Å². The van der Waals surface area contributed by atoms with Crippen LogP contribution < -0.4 is 44.0 Å². The Bertz CT molecular complexity index is 1580. The van der Waals surface area contributed by atoms with Crippen molar-refractivity contribution in [3.63, 3.8) is 0 Å². The summed E-state index contributed by atoms with van der Waals surface area (Å²) in [4.78, 5) is 0. The van der Waals surface area contributed by atoms with E-state index >= 15 is 0 Å². The summed E-state index contributed by atoms with van der Waals surface area (Å²) in [6.45, 7) is 21.7. The molecule has 0 N–H and O–H groups in total. The molecule has 0 saturated heterocycles. The molecule has 0 heterocycles. The summed E-state index contributed by atoms with van der Waals surface area (Å²) in [5.41, 5.74) is 11.4. The number of rotatable bonds is 10. The van der Waals surface area contributed by atoms with Crippen LogP contribution in [0.4, 0.5) is 0 Å². The minimum atomic E-state index is -3.35. The Labute approximate surface area is 277 Å². The largest absolute Gasteiger partial charge is 0.496 e. The maximum atomic E-state index is 6.46. The van der Waals surface area contributed by atoms with Crippen molar-refractivity contribution in [1.82, 2.24) is 0 Å². The number of hydrogen-bond donors (Lipinski definition) is 0. The van der Waals surface area contributed by atoms with Crippen molar-refractivity contribution >= 4 is 23.6 Å². The normalized spacial score (nSPS) is 13.8. The molecule has 3 aromatic rings. The molecule has 4 rings (SSSR count). The lowest BCUT2D eigenvalue weighted by atomic mass is 10.1. The summed E-state index contributed by atoms with van der Waals surface area (Å²) >= 11 is 0. The molecule has 0 fully saturated rings. The van der Waals surface area contributed by atoms with Crippen molar-refractivity contribution in [2.45, 2.75) is 74.8 Å². The summed E-state index contributed by atoms with van der Waals surface area (Å²) < 4.78 is 37.2. The van der Waals surface area contributed by atoms with Gasteiger partial charge >= 0.3 is 0 Å². The number of ether oxygens (including phenoxy) is 6. The fraction of sp³-hybridized carbons (Fsp3) is 0.436. The molecular weight excluding hydrogens is 593 g/mol. The first-order valence-electron chi connectivity index (χ1n) is 15.8. The molecular formula is C39H52O6Si. The number of hydrogen-bond acceptors (Lipinski definition) is 6. The summed E-state index contributed by atoms with van der Waals surface area (Å²) in [5.74, 6) is 4.93. The fourth-order valence-electron chi connectivity index (χ4n) is 8.36. The quantitative estimate of drug-likeness (QED) is 0.173. The van der Waals surface area contributed by atoms with Gasteiger partial charge in [0, 0.05) is 22.2 Å². The molecule has 0 aromatic heterocycles. The molecule has 0 saturated carbocycles. The standard InChI is InChI=1S/C39H52O6Si/c1-20-17-30(36(43-14)27(8)33(20)40-11)46(39-25(6)23(4)24(5)26(39)7,31-18-21(2)34(41-12)28(9)37(31)44-15)32-19-22(3)35(42-13)29(10)38(32)45-16/h17-19,39H,1-16H3. The first kappa shape index (κ1) is 35.0. The van der Waals surface area contributed by atoms with E-state index in [0.29, 0.717) is 0 Å². The minimum absolute atomic E-state index is 0.0239. The Kier molecular flexibility index (Phi) is 9.98. The number of aryl methyl sites for hydroxylation is 3. The molecule has 1 aliphatic carbocycles. The Morgan fingerprint density at radius 1 is 0.391 bits per heavy atom. The van der Waals surface area contributed by atoms with Crippen LogP contribution in [0.15, 0.2) is 40.5 Å². The highest BCUT2D eigenvalue weighted by Crippen LogP contribution is 2.50. The third-order valence-electron chi connectivity index (χ3n) is 10.5. The summed E-state index contributed by atoms with van der Waals surface area (Å²) in [5, 5.41) is 3.42. The van der Waals surface area contributed by atoms with E-state index in [2.05, 4.69) is 87.4 Å². The lowest BCUT2D eigenvalue weighted by Crippen LogP contribution is -2.71. The third-order valence-corrected chi connectivity index (χ3v) is 15.9. The summed E-state index contributed by atoms with van der Waals surface area (Å²) in [6.07, 6.45) is 0.